The van der Waals surface area contributed by atoms with Gasteiger partial charge >= 0.3 is 0 Å². The minimum absolute atomic E-state index is 0.816. The number of fused-ring (bicyclic) bond motifs is 1. The SMILES string of the molecule is C=C1CCCOc2ccccc21. The minimum atomic E-state index is 0.816. The van der Waals surface area contributed by atoms with Crippen LogP contribution in [0.4, 0.5) is 0 Å². The summed E-state index contributed by atoms with van der Waals surface area (Å²) in [6.45, 7) is 4.85. The van der Waals surface area contributed by atoms with E-state index in [1.807, 2.05) is 18.2 Å². The lowest BCUT2D eigenvalue weighted by Gasteiger charge is -2.05. The monoisotopic (exact) mass is 160 g/mol. The molecule has 62 valence electrons. The molecule has 1 heteroatoms. The highest BCUT2D eigenvalue weighted by Crippen LogP contribution is 2.30. The van der Waals surface area contributed by atoms with Gasteiger partial charge in [-0.25, -0.2) is 0 Å². The second kappa shape index (κ2) is 3.02. The van der Waals surface area contributed by atoms with Crippen molar-refractivity contribution >= 4 is 5.57 Å². The molecule has 0 saturated heterocycles. The summed E-state index contributed by atoms with van der Waals surface area (Å²) in [5.41, 5.74) is 2.37. The molecule has 0 atom stereocenters. The summed E-state index contributed by atoms with van der Waals surface area (Å²) < 4.78 is 5.56. The zero-order valence-corrected chi connectivity index (χ0v) is 7.05. The third kappa shape index (κ3) is 1.22. The first-order chi connectivity index (χ1) is 5.88. The molecule has 0 amide bonds. The number of allylic oxidation sites excluding steroid dienone is 1. The molecule has 0 saturated carbocycles. The molecule has 0 unspecified atom stereocenters. The summed E-state index contributed by atoms with van der Waals surface area (Å²) in [5, 5.41) is 0. The first-order valence-electron chi connectivity index (χ1n) is 4.28. The predicted molar refractivity (Wildman–Crippen MR) is 50.2 cm³/mol. The number of rotatable bonds is 0. The molecule has 0 bridgehead atoms. The Kier molecular flexibility index (Phi) is 1.86. The van der Waals surface area contributed by atoms with E-state index in [-0.39, 0.29) is 0 Å². The average Bonchev–Trinajstić information content (AvgIpc) is 2.29. The maximum absolute atomic E-state index is 5.56. The van der Waals surface area contributed by atoms with Crippen molar-refractivity contribution in [3.8, 4) is 5.75 Å². The molecule has 1 aromatic rings. The van der Waals surface area contributed by atoms with E-state index < -0.39 is 0 Å². The van der Waals surface area contributed by atoms with Crippen LogP contribution in [0.15, 0.2) is 30.8 Å². The maximum Gasteiger partial charge on any atom is 0.126 e. The van der Waals surface area contributed by atoms with Crippen LogP contribution in [0.3, 0.4) is 0 Å². The maximum atomic E-state index is 5.56. The van der Waals surface area contributed by atoms with E-state index in [0.717, 1.165) is 25.2 Å². The van der Waals surface area contributed by atoms with Crippen molar-refractivity contribution in [1.82, 2.24) is 0 Å². The fraction of sp³-hybridized carbons (Fsp3) is 0.273. The minimum Gasteiger partial charge on any atom is -0.493 e. The van der Waals surface area contributed by atoms with E-state index in [9.17, 15) is 0 Å². The van der Waals surface area contributed by atoms with Crippen molar-refractivity contribution in [3.63, 3.8) is 0 Å². The lowest BCUT2D eigenvalue weighted by atomic mass is 10.0. The van der Waals surface area contributed by atoms with Crippen LogP contribution in [-0.2, 0) is 0 Å². The van der Waals surface area contributed by atoms with Crippen molar-refractivity contribution in [1.29, 1.82) is 0 Å². The van der Waals surface area contributed by atoms with Crippen LogP contribution < -0.4 is 4.74 Å². The Morgan fingerprint density at radius 2 is 2.08 bits per heavy atom. The molecule has 0 radical (unpaired) electrons. The van der Waals surface area contributed by atoms with Gasteiger partial charge in [-0.05, 0) is 24.5 Å². The number of para-hydroxylation sites is 1. The summed E-state index contributed by atoms with van der Waals surface area (Å²) >= 11 is 0. The Balaban J connectivity index is 2.46. The number of hydrogen-bond acceptors (Lipinski definition) is 1. The summed E-state index contributed by atoms with van der Waals surface area (Å²) in [6, 6.07) is 8.10. The Bertz CT molecular complexity index is 302. The van der Waals surface area contributed by atoms with Crippen LogP contribution in [0.1, 0.15) is 18.4 Å². The van der Waals surface area contributed by atoms with E-state index in [4.69, 9.17) is 4.74 Å². The van der Waals surface area contributed by atoms with Gasteiger partial charge in [0, 0.05) is 5.56 Å². The molecular formula is C11H12O. The first kappa shape index (κ1) is 7.41. The van der Waals surface area contributed by atoms with Crippen molar-refractivity contribution in [2.24, 2.45) is 0 Å². The normalized spacial score (nSPS) is 16.2. The third-order valence-electron chi connectivity index (χ3n) is 2.15. The quantitative estimate of drug-likeness (QED) is 0.567. The van der Waals surface area contributed by atoms with Gasteiger partial charge in [-0.2, -0.15) is 0 Å². The fourth-order valence-corrected chi connectivity index (χ4v) is 1.49. The zero-order valence-electron chi connectivity index (χ0n) is 7.05. The Labute approximate surface area is 72.7 Å². The molecular weight excluding hydrogens is 148 g/mol. The van der Waals surface area contributed by atoms with E-state index in [0.29, 0.717) is 0 Å². The largest absolute Gasteiger partial charge is 0.493 e. The highest BCUT2D eigenvalue weighted by atomic mass is 16.5. The second-order valence-corrected chi connectivity index (χ2v) is 3.05. The lowest BCUT2D eigenvalue weighted by Crippen LogP contribution is -1.93. The lowest BCUT2D eigenvalue weighted by molar-refractivity contribution is 0.318. The van der Waals surface area contributed by atoms with Crippen LogP contribution in [0.5, 0.6) is 5.75 Å². The van der Waals surface area contributed by atoms with Crippen molar-refractivity contribution in [3.05, 3.63) is 36.4 Å². The predicted octanol–water partition coefficient (Wildman–Crippen LogP) is 2.87. The van der Waals surface area contributed by atoms with Crippen LogP contribution in [0.25, 0.3) is 5.57 Å². The van der Waals surface area contributed by atoms with Crippen LogP contribution in [0, 0.1) is 0 Å². The highest BCUT2D eigenvalue weighted by Gasteiger charge is 2.09. The van der Waals surface area contributed by atoms with Crippen LogP contribution in [0.2, 0.25) is 0 Å². The topological polar surface area (TPSA) is 9.23 Å². The van der Waals surface area contributed by atoms with Gasteiger partial charge in [0.1, 0.15) is 5.75 Å². The first-order valence-corrected chi connectivity index (χ1v) is 4.28. The Hall–Kier alpha value is -1.24. The van der Waals surface area contributed by atoms with Gasteiger partial charge in [0.2, 0.25) is 0 Å². The molecule has 1 aliphatic heterocycles. The highest BCUT2D eigenvalue weighted by molar-refractivity contribution is 5.69. The zero-order chi connectivity index (χ0) is 8.39. The fourth-order valence-electron chi connectivity index (χ4n) is 1.49. The summed E-state index contributed by atoms with van der Waals surface area (Å²) in [5.74, 6) is 0.986. The van der Waals surface area contributed by atoms with Gasteiger partial charge in [-0.3, -0.25) is 0 Å². The molecule has 1 aromatic carbocycles. The van der Waals surface area contributed by atoms with E-state index in [1.54, 1.807) is 0 Å². The summed E-state index contributed by atoms with van der Waals surface area (Å²) in [4.78, 5) is 0. The van der Waals surface area contributed by atoms with Gasteiger partial charge < -0.3 is 4.74 Å². The molecule has 2 rings (SSSR count). The number of hydrogen-bond donors (Lipinski definition) is 0. The van der Waals surface area contributed by atoms with Crippen LogP contribution in [-0.4, -0.2) is 6.61 Å². The van der Waals surface area contributed by atoms with Gasteiger partial charge in [0.25, 0.3) is 0 Å². The molecule has 1 nitrogen and oxygen atoms in total. The van der Waals surface area contributed by atoms with Crippen molar-refractivity contribution in [2.45, 2.75) is 12.8 Å². The summed E-state index contributed by atoms with van der Waals surface area (Å²) in [6.07, 6.45) is 2.13. The molecule has 1 heterocycles. The van der Waals surface area contributed by atoms with Gasteiger partial charge in [0.05, 0.1) is 6.61 Å². The molecule has 0 aliphatic carbocycles. The molecule has 0 spiro atoms. The van der Waals surface area contributed by atoms with Gasteiger partial charge in [-0.15, -0.1) is 0 Å². The Morgan fingerprint density at radius 1 is 1.25 bits per heavy atom. The van der Waals surface area contributed by atoms with Crippen molar-refractivity contribution < 1.29 is 4.74 Å². The third-order valence-corrected chi connectivity index (χ3v) is 2.15. The molecule has 1 aliphatic rings. The number of ether oxygens (including phenoxy) is 1. The van der Waals surface area contributed by atoms with Crippen LogP contribution >= 0.6 is 0 Å². The smallest absolute Gasteiger partial charge is 0.126 e. The van der Waals surface area contributed by atoms with Gasteiger partial charge in [-0.1, -0.05) is 24.8 Å². The van der Waals surface area contributed by atoms with E-state index in [2.05, 4.69) is 12.6 Å². The van der Waals surface area contributed by atoms with Gasteiger partial charge in [0.15, 0.2) is 0 Å². The molecule has 0 N–H and O–H groups in total. The van der Waals surface area contributed by atoms with Crippen molar-refractivity contribution in [2.75, 3.05) is 6.61 Å². The summed E-state index contributed by atoms with van der Waals surface area (Å²) in [7, 11) is 0. The average molecular weight is 160 g/mol. The Morgan fingerprint density at radius 3 is 3.00 bits per heavy atom. The second-order valence-electron chi connectivity index (χ2n) is 3.05. The number of benzene rings is 1. The standard InChI is InChI=1S/C11H12O/c1-9-5-4-8-12-11-7-3-2-6-10(9)11/h2-3,6-7H,1,4-5,8H2. The van der Waals surface area contributed by atoms with E-state index >= 15 is 0 Å². The molecule has 0 aromatic heterocycles. The molecule has 0 fully saturated rings. The van der Waals surface area contributed by atoms with E-state index in [1.165, 1.54) is 11.1 Å². The molecule has 12 heavy (non-hydrogen) atoms.